The Morgan fingerprint density at radius 1 is 0.797 bits per heavy atom. The first-order valence-corrected chi connectivity index (χ1v) is 22.4. The number of halogens is 1. The topological polar surface area (TPSA) is 345 Å². The number of nitrogens with two attached hydrogens (primary N) is 4. The number of amides is 4. The predicted octanol–water partition coefficient (Wildman–Crippen LogP) is 1.92. The van der Waals surface area contributed by atoms with Crippen molar-refractivity contribution >= 4 is 58.7 Å². The van der Waals surface area contributed by atoms with Gasteiger partial charge in [0.2, 0.25) is 17.7 Å². The fourth-order valence-electron chi connectivity index (χ4n) is 7.08. The first-order chi connectivity index (χ1) is 33.2. The van der Waals surface area contributed by atoms with Crippen LogP contribution in [0.4, 0.5) is 10.5 Å². The molecule has 1 aromatic heterocycles. The molecule has 0 spiro atoms. The average Bonchev–Trinajstić information content (AvgIpc) is 3.64. The number of hydrogen-bond acceptors (Lipinski definition) is 13. The number of benzene rings is 3. The van der Waals surface area contributed by atoms with E-state index in [0.29, 0.717) is 52.4 Å². The minimum absolute atomic E-state index is 0.0156. The van der Waals surface area contributed by atoms with E-state index in [1.54, 1.807) is 43.5 Å². The molecule has 0 bridgehead atoms. The van der Waals surface area contributed by atoms with Crippen molar-refractivity contribution in [1.29, 1.82) is 0 Å². The zero-order chi connectivity index (χ0) is 49.7. The SMILES string of the molecule is COc1ccc2c(c1)C(c1ccc(Cl)cc1)=N[C@@H](CC(=O)Nc1ccc(OCCOCCOCCNC(=O)[C@H](CCCN=C(N)N)NC(=O)[C@H](CCCN=C(N)N)NC(=O)O)cc1)c1nnc(C)n1-2. The van der Waals surface area contributed by atoms with Crippen LogP contribution in [0.3, 0.4) is 0 Å². The summed E-state index contributed by atoms with van der Waals surface area (Å²) in [5.74, 6) is 0.679. The van der Waals surface area contributed by atoms with Crippen LogP contribution in [0.15, 0.2) is 81.7 Å². The number of rotatable bonds is 27. The van der Waals surface area contributed by atoms with E-state index in [0.717, 1.165) is 16.8 Å². The first kappa shape index (κ1) is 52.5. The standard InChI is InChI=1S/C45H59ClN14O9/c1-27-58-59-40-36(55-39(28-7-9-29(46)10-8-28)33-25-32(66-2)15-16-37(33)60(27)40)26-38(61)54-30-11-13-31(14-12-30)69-24-23-68-22-21-67-20-19-51-41(62)34(5-3-17-52-43(47)48)56-42(63)35(57-45(64)65)6-4-18-53-44(49)50/h7-16,25,34-36,57H,3-6,17-24,26H2,1-2H3,(H,51,62)(H,54,61)(H,56,63)(H,64,65)(H4,47,48,52)(H4,49,50,53)/t34-,35-,36-/m0/s1. The molecule has 0 saturated carbocycles. The Labute approximate surface area is 403 Å². The quantitative estimate of drug-likeness (QED) is 0.0234. The van der Waals surface area contributed by atoms with Crippen LogP contribution < -0.4 is 53.7 Å². The van der Waals surface area contributed by atoms with Crippen LogP contribution in [-0.4, -0.2) is 133 Å². The van der Waals surface area contributed by atoms with Crippen LogP contribution in [0.2, 0.25) is 5.02 Å². The zero-order valence-corrected chi connectivity index (χ0v) is 39.1. The molecule has 3 aromatic carbocycles. The Bertz CT molecular complexity index is 2440. The van der Waals surface area contributed by atoms with E-state index < -0.39 is 36.0 Å². The summed E-state index contributed by atoms with van der Waals surface area (Å²) in [6.45, 7) is 3.54. The van der Waals surface area contributed by atoms with Crippen LogP contribution in [0, 0.1) is 6.92 Å². The summed E-state index contributed by atoms with van der Waals surface area (Å²) in [7, 11) is 1.60. The third-order valence-corrected chi connectivity index (χ3v) is 10.6. The molecule has 4 amide bonds. The maximum atomic E-state index is 13.6. The number of carbonyl (C=O) groups is 4. The van der Waals surface area contributed by atoms with Crippen LogP contribution >= 0.6 is 11.6 Å². The second kappa shape index (κ2) is 26.7. The predicted molar refractivity (Wildman–Crippen MR) is 259 cm³/mol. The number of fused-ring (bicyclic) bond motifs is 3. The summed E-state index contributed by atoms with van der Waals surface area (Å²) < 4.78 is 24.5. The fourth-order valence-corrected chi connectivity index (χ4v) is 7.20. The molecule has 24 heteroatoms. The summed E-state index contributed by atoms with van der Waals surface area (Å²) in [6, 6.07) is 17.2. The Balaban J connectivity index is 1.03. The summed E-state index contributed by atoms with van der Waals surface area (Å²) in [5.41, 5.74) is 25.1. The van der Waals surface area contributed by atoms with Gasteiger partial charge in [-0.25, -0.2) is 4.79 Å². The van der Waals surface area contributed by atoms with Crippen molar-refractivity contribution in [2.45, 2.75) is 57.2 Å². The Hall–Kier alpha value is -7.50. The molecule has 3 atom stereocenters. The Kier molecular flexibility index (Phi) is 20.3. The van der Waals surface area contributed by atoms with Gasteiger partial charge in [0.25, 0.3) is 0 Å². The summed E-state index contributed by atoms with van der Waals surface area (Å²) in [6.07, 6.45) is -0.513. The van der Waals surface area contributed by atoms with Gasteiger partial charge in [0.05, 0.1) is 51.4 Å². The molecule has 1 aliphatic rings. The largest absolute Gasteiger partial charge is 0.497 e. The number of nitrogens with one attached hydrogen (secondary N) is 4. The normalized spacial score (nSPS) is 13.5. The molecular formula is C45H59ClN14O9. The molecular weight excluding hydrogens is 916 g/mol. The average molecular weight is 976 g/mol. The van der Waals surface area contributed by atoms with E-state index in [-0.39, 0.29) is 89.8 Å². The number of anilines is 1. The maximum Gasteiger partial charge on any atom is 0.405 e. The lowest BCUT2D eigenvalue weighted by Crippen LogP contribution is -2.54. The van der Waals surface area contributed by atoms with Crippen molar-refractivity contribution < 1.29 is 43.2 Å². The van der Waals surface area contributed by atoms with Crippen LogP contribution in [0.25, 0.3) is 5.69 Å². The number of methoxy groups -OCH3 is 1. The third-order valence-electron chi connectivity index (χ3n) is 10.3. The highest BCUT2D eigenvalue weighted by Gasteiger charge is 2.31. The highest BCUT2D eigenvalue weighted by Crippen LogP contribution is 2.35. The second-order valence-corrected chi connectivity index (χ2v) is 15.9. The van der Waals surface area contributed by atoms with Crippen molar-refractivity contribution in [2.75, 3.05) is 65.1 Å². The monoisotopic (exact) mass is 974 g/mol. The summed E-state index contributed by atoms with van der Waals surface area (Å²) in [4.78, 5) is 63.9. The summed E-state index contributed by atoms with van der Waals surface area (Å²) in [5, 5.41) is 29.1. The van der Waals surface area contributed by atoms with E-state index in [1.165, 1.54) is 0 Å². The molecule has 0 saturated heterocycles. The molecule has 69 heavy (non-hydrogen) atoms. The van der Waals surface area contributed by atoms with Gasteiger partial charge >= 0.3 is 6.09 Å². The molecule has 0 radical (unpaired) electrons. The minimum atomic E-state index is -1.41. The van der Waals surface area contributed by atoms with E-state index >= 15 is 0 Å². The Morgan fingerprint density at radius 3 is 2.06 bits per heavy atom. The maximum absolute atomic E-state index is 13.6. The van der Waals surface area contributed by atoms with Crippen molar-refractivity contribution in [2.24, 2.45) is 37.9 Å². The highest BCUT2D eigenvalue weighted by molar-refractivity contribution is 6.30. The lowest BCUT2D eigenvalue weighted by atomic mass is 10.00. The molecule has 4 aromatic rings. The van der Waals surface area contributed by atoms with Crippen molar-refractivity contribution in [3.8, 4) is 17.2 Å². The van der Waals surface area contributed by atoms with Crippen LogP contribution in [-0.2, 0) is 23.9 Å². The van der Waals surface area contributed by atoms with Crippen molar-refractivity contribution in [1.82, 2.24) is 30.7 Å². The van der Waals surface area contributed by atoms with Crippen LogP contribution in [0.5, 0.6) is 11.5 Å². The molecule has 2 heterocycles. The fraction of sp³-hybridized carbons (Fsp3) is 0.400. The second-order valence-electron chi connectivity index (χ2n) is 15.4. The number of ether oxygens (including phenoxy) is 4. The van der Waals surface area contributed by atoms with Gasteiger partial charge in [-0.1, -0.05) is 23.7 Å². The number of aromatic nitrogens is 3. The minimum Gasteiger partial charge on any atom is -0.497 e. The molecule has 0 aliphatic carbocycles. The van der Waals surface area contributed by atoms with Gasteiger partial charge in [0.1, 0.15) is 42.1 Å². The number of aryl methyl sites for hydroxylation is 1. The van der Waals surface area contributed by atoms with Gasteiger partial charge in [-0.3, -0.25) is 33.9 Å². The molecule has 1 aliphatic heterocycles. The number of aliphatic imine (C=N–C) groups is 3. The van der Waals surface area contributed by atoms with E-state index in [9.17, 15) is 24.3 Å². The van der Waals surface area contributed by atoms with Gasteiger partial charge in [0.15, 0.2) is 17.7 Å². The lowest BCUT2D eigenvalue weighted by molar-refractivity contribution is -0.130. The highest BCUT2D eigenvalue weighted by atomic mass is 35.5. The summed E-state index contributed by atoms with van der Waals surface area (Å²) >= 11 is 6.23. The number of hydrogen-bond donors (Lipinski definition) is 9. The number of carboxylic acid groups (broad SMARTS) is 1. The number of nitrogens with zero attached hydrogens (tertiary/aromatic N) is 6. The smallest absolute Gasteiger partial charge is 0.405 e. The van der Waals surface area contributed by atoms with Gasteiger partial charge < -0.3 is 68.3 Å². The molecule has 0 fully saturated rings. The van der Waals surface area contributed by atoms with Crippen molar-refractivity contribution in [3.63, 3.8) is 0 Å². The molecule has 13 N–H and O–H groups in total. The van der Waals surface area contributed by atoms with Gasteiger partial charge in [-0.15, -0.1) is 10.2 Å². The number of guanidine groups is 2. The van der Waals surface area contributed by atoms with E-state index in [2.05, 4.69) is 41.4 Å². The molecule has 5 rings (SSSR count). The van der Waals surface area contributed by atoms with Gasteiger partial charge in [0, 0.05) is 41.5 Å². The third kappa shape index (κ3) is 16.7. The van der Waals surface area contributed by atoms with Crippen molar-refractivity contribution in [3.05, 3.63) is 94.5 Å². The molecule has 0 unspecified atom stereocenters. The van der Waals surface area contributed by atoms with Gasteiger partial charge in [-0.2, -0.15) is 0 Å². The van der Waals surface area contributed by atoms with Crippen LogP contribution in [0.1, 0.15) is 60.9 Å². The Morgan fingerprint density at radius 2 is 1.42 bits per heavy atom. The zero-order valence-electron chi connectivity index (χ0n) is 38.4. The molecule has 370 valence electrons. The molecule has 23 nitrogen and oxygen atoms in total. The van der Waals surface area contributed by atoms with E-state index in [4.69, 9.17) is 58.5 Å². The van der Waals surface area contributed by atoms with E-state index in [1.807, 2.05) is 41.8 Å². The van der Waals surface area contributed by atoms with Gasteiger partial charge in [-0.05, 0) is 87.2 Å². The first-order valence-electron chi connectivity index (χ1n) is 22.0. The lowest BCUT2D eigenvalue weighted by Gasteiger charge is -2.22. The number of carbonyl (C=O) groups excluding carboxylic acids is 3.